The topological polar surface area (TPSA) is 90.0 Å². The van der Waals surface area contributed by atoms with E-state index in [1.807, 2.05) is 68.4 Å². The highest BCUT2D eigenvalue weighted by Crippen LogP contribution is 2.52. The predicted octanol–water partition coefficient (Wildman–Crippen LogP) is 3.72. The summed E-state index contributed by atoms with van der Waals surface area (Å²) in [4.78, 5) is 27.2. The second kappa shape index (κ2) is 8.41. The van der Waals surface area contributed by atoms with Crippen LogP contribution in [-0.2, 0) is 35.2 Å². The van der Waals surface area contributed by atoms with Crippen LogP contribution >= 0.6 is 11.8 Å². The molecule has 2 saturated heterocycles. The molecule has 0 aliphatic carbocycles. The third-order valence-corrected chi connectivity index (χ3v) is 8.92. The lowest BCUT2D eigenvalue weighted by Crippen LogP contribution is -2.66. The van der Waals surface area contributed by atoms with Crippen LogP contribution < -0.4 is 0 Å². The molecule has 5 rings (SSSR count). The van der Waals surface area contributed by atoms with Crippen molar-refractivity contribution < 1.29 is 26.9 Å². The highest BCUT2D eigenvalue weighted by molar-refractivity contribution is 8.01. The van der Waals surface area contributed by atoms with Crippen LogP contribution in [0.5, 0.6) is 0 Å². The summed E-state index contributed by atoms with van der Waals surface area (Å²) in [5.74, 6) is -1.05. The smallest absolute Gasteiger partial charge is 0.330 e. The molecule has 0 N–H and O–H groups in total. The van der Waals surface area contributed by atoms with Crippen LogP contribution in [-0.4, -0.2) is 47.5 Å². The second-order valence-electron chi connectivity index (χ2n) is 8.83. The van der Waals surface area contributed by atoms with E-state index in [-0.39, 0.29) is 11.5 Å². The van der Waals surface area contributed by atoms with Gasteiger partial charge in [0.1, 0.15) is 18.0 Å². The highest BCUT2D eigenvalue weighted by atomic mass is 32.2. The Morgan fingerprint density at radius 3 is 2.41 bits per heavy atom. The van der Waals surface area contributed by atoms with Crippen LogP contribution in [0.25, 0.3) is 10.8 Å². The lowest BCUT2D eigenvalue weighted by Gasteiger charge is -2.42. The molecule has 0 spiro atoms. The summed E-state index contributed by atoms with van der Waals surface area (Å²) >= 11 is 1.34. The maximum atomic E-state index is 13.0. The van der Waals surface area contributed by atoms with Crippen molar-refractivity contribution in [2.24, 2.45) is 0 Å². The van der Waals surface area contributed by atoms with E-state index in [2.05, 4.69) is 0 Å². The highest BCUT2D eigenvalue weighted by Gasteiger charge is 2.65. The molecule has 0 radical (unpaired) electrons. The van der Waals surface area contributed by atoms with Gasteiger partial charge in [0.2, 0.25) is 0 Å². The number of β-lactam (4-membered cyclic amide) rings is 1. The van der Waals surface area contributed by atoms with Gasteiger partial charge in [0.05, 0.1) is 4.90 Å². The number of hydrogen-bond donors (Lipinski definition) is 0. The minimum Gasteiger partial charge on any atom is -0.459 e. The molecule has 3 aromatic rings. The van der Waals surface area contributed by atoms with Crippen molar-refractivity contribution in [2.45, 2.75) is 47.6 Å². The number of fused-ring (bicyclic) bond motifs is 2. The zero-order valence-corrected chi connectivity index (χ0v) is 20.2. The van der Waals surface area contributed by atoms with E-state index >= 15 is 0 Å². The summed E-state index contributed by atoms with van der Waals surface area (Å²) in [5.41, 5.74) is 0.841. The predicted molar refractivity (Wildman–Crippen MR) is 128 cm³/mol. The number of carbonyl (C=O) groups excluding carboxylic acids is 2. The Hall–Kier alpha value is -2.88. The fraction of sp³-hybridized carbons (Fsp3) is 0.280. The monoisotopic (exact) mass is 497 g/mol. The van der Waals surface area contributed by atoms with Gasteiger partial charge in [-0.15, -0.1) is 11.8 Å². The molecule has 176 valence electrons. The van der Waals surface area contributed by atoms with E-state index < -0.39 is 44.3 Å². The Morgan fingerprint density at radius 2 is 1.68 bits per heavy atom. The molecule has 2 fully saturated rings. The van der Waals surface area contributed by atoms with Crippen LogP contribution in [0.15, 0.2) is 77.7 Å². The van der Waals surface area contributed by atoms with Gasteiger partial charge in [0.15, 0.2) is 6.10 Å². The Morgan fingerprint density at radius 1 is 1.00 bits per heavy atom. The quantitative estimate of drug-likeness (QED) is 0.291. The van der Waals surface area contributed by atoms with Crippen molar-refractivity contribution >= 4 is 44.5 Å². The number of esters is 1. The van der Waals surface area contributed by atoms with E-state index in [4.69, 9.17) is 8.92 Å². The van der Waals surface area contributed by atoms with Crippen molar-refractivity contribution in [3.8, 4) is 0 Å². The van der Waals surface area contributed by atoms with Crippen molar-refractivity contribution in [1.29, 1.82) is 0 Å². The average Bonchev–Trinajstić information content (AvgIpc) is 3.09. The van der Waals surface area contributed by atoms with E-state index in [1.165, 1.54) is 28.8 Å². The standard InChI is InChI=1S/C25H23NO6S2/c1-25(2)21(24(28)31-15-16-8-4-3-5-9-16)26-22(27)20(23(26)33-25)32-34(29,30)19-13-12-17-10-6-7-11-18(17)14-19/h3-14,20-21,23H,15H2,1-2H3/t20-,21+,23-/m1/s1. The van der Waals surface area contributed by atoms with Gasteiger partial charge < -0.3 is 9.64 Å². The molecular formula is C25H23NO6S2. The molecule has 3 atom stereocenters. The van der Waals surface area contributed by atoms with Crippen LogP contribution in [0.3, 0.4) is 0 Å². The Bertz CT molecular complexity index is 1370. The average molecular weight is 498 g/mol. The number of hydrogen-bond acceptors (Lipinski definition) is 7. The summed E-state index contributed by atoms with van der Waals surface area (Å²) in [6.45, 7) is 3.78. The van der Waals surface area contributed by atoms with Gasteiger partial charge in [-0.2, -0.15) is 8.42 Å². The van der Waals surface area contributed by atoms with Gasteiger partial charge in [0.25, 0.3) is 16.0 Å². The Balaban J connectivity index is 1.31. The van der Waals surface area contributed by atoms with Gasteiger partial charge in [-0.05, 0) is 42.3 Å². The molecular weight excluding hydrogens is 474 g/mol. The van der Waals surface area contributed by atoms with Crippen LogP contribution in [0, 0.1) is 0 Å². The first-order chi connectivity index (χ1) is 16.2. The van der Waals surface area contributed by atoms with Gasteiger partial charge in [-0.3, -0.25) is 4.79 Å². The number of thioether (sulfide) groups is 1. The lowest BCUT2D eigenvalue weighted by atomic mass is 9.97. The molecule has 0 aromatic heterocycles. The Labute approximate surface area is 202 Å². The number of nitrogens with zero attached hydrogens (tertiary/aromatic N) is 1. The molecule has 34 heavy (non-hydrogen) atoms. The summed E-state index contributed by atoms with van der Waals surface area (Å²) in [5, 5.41) is 1.07. The molecule has 7 nitrogen and oxygen atoms in total. The minimum absolute atomic E-state index is 0.0153. The third-order valence-electron chi connectivity index (χ3n) is 6.08. The third kappa shape index (κ3) is 3.97. The molecule has 2 aliphatic rings. The fourth-order valence-electron chi connectivity index (χ4n) is 4.37. The van der Waals surface area contributed by atoms with Crippen molar-refractivity contribution in [3.05, 3.63) is 78.4 Å². The summed E-state index contributed by atoms with van der Waals surface area (Å²) in [6.07, 6.45) is -1.19. The van der Waals surface area contributed by atoms with Gasteiger partial charge in [-0.1, -0.05) is 60.7 Å². The molecule has 9 heteroatoms. The first-order valence-electron chi connectivity index (χ1n) is 10.8. The minimum atomic E-state index is -4.18. The van der Waals surface area contributed by atoms with Crippen LogP contribution in [0.1, 0.15) is 19.4 Å². The maximum Gasteiger partial charge on any atom is 0.330 e. The van der Waals surface area contributed by atoms with E-state index in [1.54, 1.807) is 6.07 Å². The number of benzene rings is 3. The SMILES string of the molecule is CC1(C)S[C@@H]2[C@H](OS(=O)(=O)c3ccc4ccccc4c3)C(=O)N2[C@H]1C(=O)OCc1ccccc1. The molecule has 0 saturated carbocycles. The van der Waals surface area contributed by atoms with E-state index in [0.29, 0.717) is 0 Å². The van der Waals surface area contributed by atoms with Gasteiger partial charge in [-0.25, -0.2) is 8.98 Å². The van der Waals surface area contributed by atoms with Gasteiger partial charge >= 0.3 is 5.97 Å². The van der Waals surface area contributed by atoms with Crippen molar-refractivity contribution in [1.82, 2.24) is 4.90 Å². The summed E-state index contributed by atoms with van der Waals surface area (Å²) in [7, 11) is -4.18. The van der Waals surface area contributed by atoms with E-state index in [0.717, 1.165) is 16.3 Å². The normalized spacial score (nSPS) is 23.4. The summed E-state index contributed by atoms with van der Waals surface area (Å²) in [6, 6.07) is 20.5. The maximum absolute atomic E-state index is 13.0. The zero-order valence-electron chi connectivity index (χ0n) is 18.6. The number of rotatable bonds is 6. The summed E-state index contributed by atoms with van der Waals surface area (Å²) < 4.78 is 36.1. The number of amides is 1. The van der Waals surface area contributed by atoms with Crippen LogP contribution in [0.4, 0.5) is 0 Å². The zero-order chi connectivity index (χ0) is 24.1. The van der Waals surface area contributed by atoms with Gasteiger partial charge in [0, 0.05) is 4.75 Å². The molecule has 2 heterocycles. The number of carbonyl (C=O) groups is 2. The molecule has 0 unspecified atom stereocenters. The van der Waals surface area contributed by atoms with Crippen molar-refractivity contribution in [2.75, 3.05) is 0 Å². The molecule has 3 aromatic carbocycles. The largest absolute Gasteiger partial charge is 0.459 e. The molecule has 1 amide bonds. The molecule has 2 aliphatic heterocycles. The second-order valence-corrected chi connectivity index (χ2v) is 12.2. The molecule has 0 bridgehead atoms. The fourth-order valence-corrected chi connectivity index (χ4v) is 7.11. The van der Waals surface area contributed by atoms with Crippen LogP contribution in [0.2, 0.25) is 0 Å². The van der Waals surface area contributed by atoms with E-state index in [9.17, 15) is 18.0 Å². The lowest BCUT2D eigenvalue weighted by molar-refractivity contribution is -0.170. The first kappa shape index (κ1) is 22.9. The Kier molecular flexibility index (Phi) is 5.66. The number of ether oxygens (including phenoxy) is 1. The van der Waals surface area contributed by atoms with Crippen molar-refractivity contribution in [3.63, 3.8) is 0 Å². The first-order valence-corrected chi connectivity index (χ1v) is 13.1.